The first-order chi connectivity index (χ1) is 15.3. The van der Waals surface area contributed by atoms with Gasteiger partial charge in [-0.25, -0.2) is 0 Å². The molecule has 7 nitrogen and oxygen atoms in total. The summed E-state index contributed by atoms with van der Waals surface area (Å²) in [6.07, 6.45) is 24.0. The van der Waals surface area contributed by atoms with E-state index in [4.69, 9.17) is 15.3 Å². The van der Waals surface area contributed by atoms with Gasteiger partial charge in [0.1, 0.15) is 0 Å². The first-order valence-corrected chi connectivity index (χ1v) is 13.2. The fourth-order valence-electron chi connectivity index (χ4n) is 3.76. The van der Waals surface area contributed by atoms with Gasteiger partial charge in [0.25, 0.3) is 5.09 Å². The molecule has 0 saturated carbocycles. The molecule has 0 heterocycles. The van der Waals surface area contributed by atoms with E-state index in [1.807, 2.05) is 13.8 Å². The molecule has 0 rings (SSSR count). The molecule has 0 aromatic rings. The van der Waals surface area contributed by atoms with Crippen LogP contribution < -0.4 is 10.6 Å². The lowest BCUT2D eigenvalue weighted by atomic mass is 10.0. The second-order valence-corrected chi connectivity index (χ2v) is 9.64. The maximum absolute atomic E-state index is 9.37. The Morgan fingerprint density at radius 3 is 1.44 bits per heavy atom. The molecule has 0 bridgehead atoms. The van der Waals surface area contributed by atoms with Crippen LogP contribution in [0.4, 0.5) is 0 Å². The summed E-state index contributed by atoms with van der Waals surface area (Å²) < 4.78 is 0. The van der Waals surface area contributed by atoms with Crippen molar-refractivity contribution in [2.45, 2.75) is 149 Å². The molecular weight excluding hydrogens is 406 g/mol. The molecule has 32 heavy (non-hydrogen) atoms. The van der Waals surface area contributed by atoms with Crippen molar-refractivity contribution in [3.8, 4) is 0 Å². The summed E-state index contributed by atoms with van der Waals surface area (Å²) in [6, 6.07) is 0. The molecule has 0 amide bonds. The van der Waals surface area contributed by atoms with Crippen LogP contribution in [0.3, 0.4) is 0 Å². The molecule has 0 radical (unpaired) electrons. The quantitative estimate of drug-likeness (QED) is 0.0627. The lowest BCUT2D eigenvalue weighted by Crippen LogP contribution is -2.54. The van der Waals surface area contributed by atoms with Crippen molar-refractivity contribution < 1.29 is 15.4 Å². The first-order valence-electron chi connectivity index (χ1n) is 13.2. The third-order valence-corrected chi connectivity index (χ3v) is 5.79. The van der Waals surface area contributed by atoms with E-state index in [0.29, 0.717) is 6.17 Å². The Hall–Kier alpha value is -0.920. The average molecular weight is 462 g/mol. The van der Waals surface area contributed by atoms with Crippen LogP contribution in [0.15, 0.2) is 0 Å². The Labute approximate surface area is 198 Å². The van der Waals surface area contributed by atoms with E-state index < -0.39 is 5.09 Å². The molecule has 0 spiro atoms. The zero-order chi connectivity index (χ0) is 24.5. The molecule has 1 unspecified atom stereocenters. The topological polar surface area (TPSA) is 108 Å². The molecule has 0 saturated heterocycles. The zero-order valence-corrected chi connectivity index (χ0v) is 21.7. The normalized spacial score (nSPS) is 12.3. The maximum atomic E-state index is 9.37. The molecule has 0 aromatic heterocycles. The lowest BCUT2D eigenvalue weighted by molar-refractivity contribution is -0.742. The van der Waals surface area contributed by atoms with Crippen molar-refractivity contribution in [2.75, 3.05) is 13.2 Å². The van der Waals surface area contributed by atoms with Crippen LogP contribution in [0.1, 0.15) is 137 Å². The van der Waals surface area contributed by atoms with E-state index in [2.05, 4.69) is 24.5 Å². The molecule has 194 valence electrons. The highest BCUT2D eigenvalue weighted by molar-refractivity contribution is 4.79. The highest BCUT2D eigenvalue weighted by Crippen LogP contribution is 2.13. The van der Waals surface area contributed by atoms with Crippen LogP contribution in [0, 0.1) is 10.1 Å². The maximum Gasteiger partial charge on any atom is 0.291 e. The van der Waals surface area contributed by atoms with Gasteiger partial charge in [-0.15, -0.1) is 10.1 Å². The SMILES string of the molecule is CCCCCCCCCCCCCCCCCCNC(CC)NC(C)(C)CO.O=[N+]([O-])O. The lowest BCUT2D eigenvalue weighted by Gasteiger charge is -2.30. The summed E-state index contributed by atoms with van der Waals surface area (Å²) in [5.74, 6) is 0. The molecule has 0 aromatic carbocycles. The monoisotopic (exact) mass is 461 g/mol. The smallest absolute Gasteiger partial charge is 0.291 e. The van der Waals surface area contributed by atoms with Crippen LogP contribution in [0.2, 0.25) is 0 Å². The molecule has 0 aliphatic carbocycles. The van der Waals surface area contributed by atoms with E-state index >= 15 is 0 Å². The number of aliphatic hydroxyl groups is 1. The van der Waals surface area contributed by atoms with E-state index in [1.54, 1.807) is 0 Å². The number of aliphatic hydroxyl groups excluding tert-OH is 1. The van der Waals surface area contributed by atoms with Gasteiger partial charge in [-0.2, -0.15) is 0 Å². The first kappa shape index (κ1) is 33.3. The summed E-state index contributed by atoms with van der Waals surface area (Å²) in [7, 11) is 0. The minimum absolute atomic E-state index is 0.171. The van der Waals surface area contributed by atoms with Gasteiger partial charge in [0.2, 0.25) is 0 Å². The van der Waals surface area contributed by atoms with Crippen molar-refractivity contribution in [2.24, 2.45) is 0 Å². The summed E-state index contributed by atoms with van der Waals surface area (Å²) >= 11 is 0. The average Bonchev–Trinajstić information content (AvgIpc) is 2.74. The minimum Gasteiger partial charge on any atom is -0.394 e. The highest BCUT2D eigenvalue weighted by atomic mass is 16.9. The fraction of sp³-hybridized carbons (Fsp3) is 1.00. The molecule has 7 heteroatoms. The molecular formula is C25H55N3O4. The predicted molar refractivity (Wildman–Crippen MR) is 135 cm³/mol. The molecule has 0 aliphatic heterocycles. The molecule has 4 N–H and O–H groups in total. The largest absolute Gasteiger partial charge is 0.394 e. The molecule has 1 atom stereocenters. The van der Waals surface area contributed by atoms with Crippen LogP contribution in [0.25, 0.3) is 0 Å². The minimum atomic E-state index is -1.50. The fourth-order valence-corrected chi connectivity index (χ4v) is 3.76. The number of hydrogen-bond donors (Lipinski definition) is 4. The third kappa shape index (κ3) is 29.1. The van der Waals surface area contributed by atoms with Crippen LogP contribution in [-0.4, -0.2) is 40.3 Å². The summed E-state index contributed by atoms with van der Waals surface area (Å²) in [4.78, 5) is 8.36. The van der Waals surface area contributed by atoms with Gasteiger partial charge in [-0.1, -0.05) is 110 Å². The standard InChI is InChI=1S/C25H54N2O.HNO3/c1-5-7-8-9-10-11-12-13-14-15-16-17-18-19-20-21-22-26-24(6-2)27-25(3,4)23-28;2-1(3)4/h24,26-28H,5-23H2,1-4H3;(H,2,3,4). The van der Waals surface area contributed by atoms with Crippen molar-refractivity contribution in [3.63, 3.8) is 0 Å². The molecule has 0 fully saturated rings. The van der Waals surface area contributed by atoms with Crippen LogP contribution in [-0.2, 0) is 0 Å². The van der Waals surface area contributed by atoms with Crippen LogP contribution >= 0.6 is 0 Å². The van der Waals surface area contributed by atoms with E-state index in [9.17, 15) is 5.11 Å². The second-order valence-electron chi connectivity index (χ2n) is 9.64. The van der Waals surface area contributed by atoms with Crippen molar-refractivity contribution in [3.05, 3.63) is 10.1 Å². The van der Waals surface area contributed by atoms with Gasteiger partial charge >= 0.3 is 0 Å². The Bertz CT molecular complexity index is 391. The number of rotatable bonds is 22. The van der Waals surface area contributed by atoms with Gasteiger partial charge in [-0.3, -0.25) is 5.32 Å². The third-order valence-electron chi connectivity index (χ3n) is 5.79. The summed E-state index contributed by atoms with van der Waals surface area (Å²) in [6.45, 7) is 9.82. The molecule has 0 aliphatic rings. The Balaban J connectivity index is 0. The predicted octanol–water partition coefficient (Wildman–Crippen LogP) is 6.59. The van der Waals surface area contributed by atoms with Crippen LogP contribution in [0.5, 0.6) is 0 Å². The van der Waals surface area contributed by atoms with Gasteiger partial charge in [-0.05, 0) is 33.2 Å². The number of nitrogens with zero attached hydrogens (tertiary/aromatic N) is 1. The van der Waals surface area contributed by atoms with E-state index in [1.165, 1.54) is 103 Å². The Morgan fingerprint density at radius 2 is 1.12 bits per heavy atom. The summed E-state index contributed by atoms with van der Waals surface area (Å²) in [5.41, 5.74) is -0.206. The summed E-state index contributed by atoms with van der Waals surface area (Å²) in [5, 5.41) is 30.1. The number of unbranched alkanes of at least 4 members (excludes halogenated alkanes) is 15. The van der Waals surface area contributed by atoms with Crippen molar-refractivity contribution in [1.29, 1.82) is 0 Å². The van der Waals surface area contributed by atoms with Gasteiger partial charge < -0.3 is 15.6 Å². The van der Waals surface area contributed by atoms with Gasteiger partial charge in [0, 0.05) is 5.54 Å². The zero-order valence-electron chi connectivity index (χ0n) is 21.7. The van der Waals surface area contributed by atoms with Crippen molar-refractivity contribution >= 4 is 0 Å². The second kappa shape index (κ2) is 24.7. The van der Waals surface area contributed by atoms with E-state index in [0.717, 1.165) is 13.0 Å². The highest BCUT2D eigenvalue weighted by Gasteiger charge is 2.19. The van der Waals surface area contributed by atoms with Crippen molar-refractivity contribution in [1.82, 2.24) is 10.6 Å². The Morgan fingerprint density at radius 1 is 0.781 bits per heavy atom. The number of nitrogens with one attached hydrogen (secondary N) is 2. The van der Waals surface area contributed by atoms with Gasteiger partial charge in [0.15, 0.2) is 0 Å². The van der Waals surface area contributed by atoms with Gasteiger partial charge in [0.05, 0.1) is 12.8 Å². The number of hydrogen-bond acceptors (Lipinski definition) is 5. The van der Waals surface area contributed by atoms with E-state index in [-0.39, 0.29) is 12.1 Å². The Kier molecular flexibility index (Phi) is 25.7.